The van der Waals surface area contributed by atoms with Crippen LogP contribution in [0.25, 0.3) is 11.1 Å². The fourth-order valence-electron chi connectivity index (χ4n) is 4.53. The van der Waals surface area contributed by atoms with Crippen molar-refractivity contribution in [2.75, 3.05) is 11.4 Å². The minimum Gasteiger partial charge on any atom is -0.480 e. The van der Waals surface area contributed by atoms with Crippen molar-refractivity contribution < 1.29 is 14.7 Å². The van der Waals surface area contributed by atoms with E-state index in [4.69, 9.17) is 34.8 Å². The Kier molecular flexibility index (Phi) is 6.16. The van der Waals surface area contributed by atoms with Gasteiger partial charge >= 0.3 is 12.0 Å². The number of likely N-dealkylation sites (tertiary alicyclic amines) is 1. The van der Waals surface area contributed by atoms with E-state index in [9.17, 15) is 14.7 Å². The summed E-state index contributed by atoms with van der Waals surface area (Å²) < 4.78 is 0. The summed E-state index contributed by atoms with van der Waals surface area (Å²) in [6, 6.07) is 15.6. The number of nitrogens with one attached hydrogen (secondary N) is 1. The lowest BCUT2D eigenvalue weighted by Crippen LogP contribution is -2.51. The van der Waals surface area contributed by atoms with E-state index in [0.29, 0.717) is 52.5 Å². The third-order valence-corrected chi connectivity index (χ3v) is 7.21. The van der Waals surface area contributed by atoms with Crippen molar-refractivity contribution >= 4 is 58.2 Å². The van der Waals surface area contributed by atoms with Crippen LogP contribution < -0.4 is 10.2 Å². The lowest BCUT2D eigenvalue weighted by Gasteiger charge is -2.39. The number of urea groups is 1. The molecule has 174 valence electrons. The number of nitrogens with zero attached hydrogens (tertiary/aromatic N) is 2. The van der Waals surface area contributed by atoms with Gasteiger partial charge in [-0.2, -0.15) is 0 Å². The Hall–Kier alpha value is -2.77. The van der Waals surface area contributed by atoms with Gasteiger partial charge in [0.05, 0.1) is 21.4 Å². The zero-order valence-corrected chi connectivity index (χ0v) is 20.2. The molecule has 3 aromatic carbocycles. The molecule has 2 aliphatic rings. The Balaban J connectivity index is 1.70. The van der Waals surface area contributed by atoms with Crippen molar-refractivity contribution in [1.29, 1.82) is 0 Å². The van der Waals surface area contributed by atoms with Crippen LogP contribution in [-0.4, -0.2) is 34.6 Å². The Bertz CT molecular complexity index is 1290. The Morgan fingerprint density at radius 1 is 1.00 bits per heavy atom. The number of carbonyl (C=O) groups excluding carboxylic acids is 1. The molecule has 3 aromatic rings. The van der Waals surface area contributed by atoms with Gasteiger partial charge in [-0.3, -0.25) is 14.6 Å². The first-order valence-corrected chi connectivity index (χ1v) is 11.9. The second kappa shape index (κ2) is 9.12. The van der Waals surface area contributed by atoms with Gasteiger partial charge in [0.1, 0.15) is 6.04 Å². The van der Waals surface area contributed by atoms with Crippen LogP contribution in [0.3, 0.4) is 0 Å². The van der Waals surface area contributed by atoms with Crippen LogP contribution in [0.2, 0.25) is 15.1 Å². The van der Waals surface area contributed by atoms with E-state index in [1.54, 1.807) is 18.2 Å². The fraction of sp³-hybridized carbons (Fsp3) is 0.200. The van der Waals surface area contributed by atoms with Crippen LogP contribution in [0, 0.1) is 0 Å². The molecule has 2 heterocycles. The lowest BCUT2D eigenvalue weighted by atomic mass is 9.92. The molecular formula is C25H20Cl3N3O3. The van der Waals surface area contributed by atoms with Crippen molar-refractivity contribution in [3.63, 3.8) is 0 Å². The number of fused-ring (bicyclic) bond motifs is 1. The highest BCUT2D eigenvalue weighted by Crippen LogP contribution is 2.45. The normalized spacial score (nSPS) is 17.7. The van der Waals surface area contributed by atoms with Crippen LogP contribution in [0.15, 0.2) is 54.6 Å². The molecule has 0 aliphatic carbocycles. The summed E-state index contributed by atoms with van der Waals surface area (Å²) in [6.07, 6.45) is 0.613. The van der Waals surface area contributed by atoms with Crippen LogP contribution in [0.4, 0.5) is 16.2 Å². The SMILES string of the molecule is O=C(O)C1CCN1Cc1cc(-c2ccccc2Cl)c2c(c1)N(c1c(Cl)cccc1Cl)C(=O)NC2. The van der Waals surface area contributed by atoms with E-state index in [0.717, 1.165) is 22.3 Å². The Morgan fingerprint density at radius 2 is 1.71 bits per heavy atom. The monoisotopic (exact) mass is 515 g/mol. The molecule has 1 atom stereocenters. The number of para-hydroxylation sites is 1. The van der Waals surface area contributed by atoms with Gasteiger partial charge in [0.2, 0.25) is 0 Å². The first-order chi connectivity index (χ1) is 16.3. The summed E-state index contributed by atoms with van der Waals surface area (Å²) >= 11 is 19.5. The number of rotatable bonds is 5. The van der Waals surface area contributed by atoms with Gasteiger partial charge in [0.15, 0.2) is 0 Å². The number of hydrogen-bond donors (Lipinski definition) is 2. The predicted octanol–water partition coefficient (Wildman–Crippen LogP) is 6.33. The van der Waals surface area contributed by atoms with Gasteiger partial charge < -0.3 is 10.4 Å². The van der Waals surface area contributed by atoms with E-state index >= 15 is 0 Å². The highest BCUT2D eigenvalue weighted by Gasteiger charge is 2.35. The molecule has 2 amide bonds. The maximum absolute atomic E-state index is 13.1. The average molecular weight is 517 g/mol. The molecule has 1 saturated heterocycles. The first kappa shape index (κ1) is 23.0. The van der Waals surface area contributed by atoms with Gasteiger partial charge in [-0.05, 0) is 47.9 Å². The molecule has 0 bridgehead atoms. The van der Waals surface area contributed by atoms with Crippen molar-refractivity contribution in [2.24, 2.45) is 0 Å². The molecule has 34 heavy (non-hydrogen) atoms. The molecule has 1 unspecified atom stereocenters. The summed E-state index contributed by atoms with van der Waals surface area (Å²) in [7, 11) is 0. The first-order valence-electron chi connectivity index (χ1n) is 10.7. The largest absolute Gasteiger partial charge is 0.480 e. The molecule has 9 heteroatoms. The fourth-order valence-corrected chi connectivity index (χ4v) is 5.34. The topological polar surface area (TPSA) is 72.9 Å². The Labute approximate surface area is 211 Å². The lowest BCUT2D eigenvalue weighted by molar-refractivity contribution is -0.148. The van der Waals surface area contributed by atoms with Crippen molar-refractivity contribution in [3.05, 3.63) is 80.8 Å². The van der Waals surface area contributed by atoms with Crippen LogP contribution in [0.5, 0.6) is 0 Å². The molecule has 5 rings (SSSR count). The zero-order chi connectivity index (χ0) is 24.0. The van der Waals surface area contributed by atoms with E-state index in [2.05, 4.69) is 5.32 Å². The van der Waals surface area contributed by atoms with E-state index < -0.39 is 12.0 Å². The second-order valence-corrected chi connectivity index (χ2v) is 9.52. The molecule has 0 radical (unpaired) electrons. The van der Waals surface area contributed by atoms with Gasteiger partial charge in [0, 0.05) is 35.8 Å². The van der Waals surface area contributed by atoms with Crippen LogP contribution in [-0.2, 0) is 17.9 Å². The summed E-state index contributed by atoms with van der Waals surface area (Å²) in [5, 5.41) is 13.7. The molecule has 0 aromatic heterocycles. The number of anilines is 2. The van der Waals surface area contributed by atoms with Crippen molar-refractivity contribution in [1.82, 2.24) is 10.2 Å². The van der Waals surface area contributed by atoms with Crippen LogP contribution >= 0.6 is 34.8 Å². The number of aliphatic carboxylic acids is 1. The van der Waals surface area contributed by atoms with Crippen molar-refractivity contribution in [2.45, 2.75) is 25.6 Å². The maximum atomic E-state index is 13.1. The van der Waals surface area contributed by atoms with E-state index in [1.807, 2.05) is 41.3 Å². The highest BCUT2D eigenvalue weighted by molar-refractivity contribution is 6.40. The van der Waals surface area contributed by atoms with Gasteiger partial charge in [-0.15, -0.1) is 0 Å². The predicted molar refractivity (Wildman–Crippen MR) is 134 cm³/mol. The molecular weight excluding hydrogens is 497 g/mol. The zero-order valence-electron chi connectivity index (χ0n) is 17.9. The molecule has 1 fully saturated rings. The summed E-state index contributed by atoms with van der Waals surface area (Å²) in [5.41, 5.74) is 4.44. The number of benzene rings is 3. The number of carboxylic acid groups (broad SMARTS) is 1. The van der Waals surface area contributed by atoms with Gasteiger partial charge in [-0.1, -0.05) is 59.1 Å². The molecule has 0 saturated carbocycles. The minimum atomic E-state index is -0.834. The average Bonchev–Trinajstić information content (AvgIpc) is 2.77. The third kappa shape index (κ3) is 4.01. The quantitative estimate of drug-likeness (QED) is 0.415. The maximum Gasteiger partial charge on any atom is 0.326 e. The summed E-state index contributed by atoms with van der Waals surface area (Å²) in [6.45, 7) is 1.42. The number of carboxylic acids is 1. The molecule has 0 spiro atoms. The van der Waals surface area contributed by atoms with Gasteiger partial charge in [0.25, 0.3) is 0 Å². The van der Waals surface area contributed by atoms with Gasteiger partial charge in [-0.25, -0.2) is 4.79 Å². The Morgan fingerprint density at radius 3 is 2.35 bits per heavy atom. The van der Waals surface area contributed by atoms with Crippen LogP contribution in [0.1, 0.15) is 17.5 Å². The molecule has 2 aliphatic heterocycles. The number of hydrogen-bond acceptors (Lipinski definition) is 3. The van der Waals surface area contributed by atoms with E-state index in [1.165, 1.54) is 4.90 Å². The smallest absolute Gasteiger partial charge is 0.326 e. The number of halogens is 3. The minimum absolute atomic E-state index is 0.301. The standard InChI is InChI=1S/C25H20Cl3N3O3/c26-18-5-2-1-4-15(18)16-10-14(13-30-9-8-21(30)24(32)33)11-22-17(16)12-29-25(34)31(22)23-19(27)6-3-7-20(23)28/h1-7,10-11,21H,8-9,12-13H2,(H,29,34)(H,32,33). The third-order valence-electron chi connectivity index (χ3n) is 6.27. The number of carbonyl (C=O) groups is 2. The van der Waals surface area contributed by atoms with Crippen molar-refractivity contribution in [3.8, 4) is 11.1 Å². The highest BCUT2D eigenvalue weighted by atomic mass is 35.5. The molecule has 6 nitrogen and oxygen atoms in total. The number of amides is 2. The van der Waals surface area contributed by atoms with E-state index in [-0.39, 0.29) is 6.03 Å². The molecule has 2 N–H and O–H groups in total. The summed E-state index contributed by atoms with van der Waals surface area (Å²) in [5.74, 6) is -0.834. The summed E-state index contributed by atoms with van der Waals surface area (Å²) in [4.78, 5) is 28.0. The second-order valence-electron chi connectivity index (χ2n) is 8.30.